The van der Waals surface area contributed by atoms with Crippen LogP contribution in [0.4, 0.5) is 14.5 Å². The lowest BCUT2D eigenvalue weighted by Crippen LogP contribution is -2.19. The van der Waals surface area contributed by atoms with Gasteiger partial charge in [0.1, 0.15) is 11.6 Å². The largest absolute Gasteiger partial charge is 0.328 e. The highest BCUT2D eigenvalue weighted by Crippen LogP contribution is 2.37. The Balaban J connectivity index is 1.85. The second kappa shape index (κ2) is 8.10. The fourth-order valence-electron chi connectivity index (χ4n) is 3.26. The zero-order chi connectivity index (χ0) is 23.2. The lowest BCUT2D eigenvalue weighted by Gasteiger charge is -2.14. The van der Waals surface area contributed by atoms with Gasteiger partial charge in [0.25, 0.3) is 10.0 Å². The maximum atomic E-state index is 14.0. The number of hydrogen-bond donors (Lipinski definition) is 1. The number of nitrogens with one attached hydrogen (secondary N) is 1. The second-order valence-corrected chi connectivity index (χ2v) is 10.1. The second-order valence-electron chi connectivity index (χ2n) is 7.31. The number of aromatic nitrogens is 2. The molecule has 10 heteroatoms. The van der Waals surface area contributed by atoms with Gasteiger partial charge in [-0.25, -0.2) is 22.0 Å². The van der Waals surface area contributed by atoms with Gasteiger partial charge in [-0.15, -0.1) is 0 Å². The Morgan fingerprint density at radius 2 is 1.53 bits per heavy atom. The summed E-state index contributed by atoms with van der Waals surface area (Å²) < 4.78 is 58.7. The topological polar surface area (TPSA) is 73.1 Å². The summed E-state index contributed by atoms with van der Waals surface area (Å²) in [5.41, 5.74) is 1.41. The molecule has 0 aliphatic carbocycles. The van der Waals surface area contributed by atoms with Crippen LogP contribution in [0.1, 0.15) is 5.56 Å². The summed E-state index contributed by atoms with van der Waals surface area (Å²) in [6.45, 7) is 1.54. The molecule has 0 aliphatic heterocycles. The molecular weight excluding hydrogens is 456 g/mol. The Hall–Kier alpha value is -3.11. The number of rotatable bonds is 5. The van der Waals surface area contributed by atoms with Crippen molar-refractivity contribution in [2.45, 2.75) is 21.6 Å². The van der Waals surface area contributed by atoms with Crippen LogP contribution in [0.5, 0.6) is 0 Å². The standard InChI is InChI=1S/C22H19F2N3O3S2/c1-13-4-9-16(10-17(13)24)32(29,30)25-18-11-19-20(27(3)22(28)26(19)2)12-21(18)31-15-7-5-14(23)6-8-15/h4-12,25H,1-3H3. The number of imidazole rings is 1. The minimum Gasteiger partial charge on any atom is -0.295 e. The van der Waals surface area contributed by atoms with Gasteiger partial charge in [0.2, 0.25) is 0 Å². The Morgan fingerprint density at radius 1 is 0.906 bits per heavy atom. The van der Waals surface area contributed by atoms with Crippen molar-refractivity contribution < 1.29 is 17.2 Å². The molecule has 0 atom stereocenters. The van der Waals surface area contributed by atoms with E-state index in [1.165, 1.54) is 45.2 Å². The first kappa shape index (κ1) is 22.1. The van der Waals surface area contributed by atoms with E-state index in [1.807, 2.05) is 0 Å². The molecule has 1 aromatic heterocycles. The molecule has 32 heavy (non-hydrogen) atoms. The Labute approximate surface area is 187 Å². The molecule has 0 aliphatic rings. The molecule has 0 saturated heterocycles. The third-order valence-corrected chi connectivity index (χ3v) is 7.54. The average molecular weight is 476 g/mol. The summed E-state index contributed by atoms with van der Waals surface area (Å²) in [5.74, 6) is -1.02. The maximum Gasteiger partial charge on any atom is 0.328 e. The first-order valence-corrected chi connectivity index (χ1v) is 11.8. The molecule has 0 bridgehead atoms. The van der Waals surface area contributed by atoms with Gasteiger partial charge in [0.15, 0.2) is 0 Å². The summed E-state index contributed by atoms with van der Waals surface area (Å²) in [6.07, 6.45) is 0. The molecule has 0 amide bonds. The summed E-state index contributed by atoms with van der Waals surface area (Å²) in [7, 11) is -0.907. The van der Waals surface area contributed by atoms with Crippen LogP contribution in [-0.4, -0.2) is 17.6 Å². The van der Waals surface area contributed by atoms with E-state index >= 15 is 0 Å². The number of hydrogen-bond acceptors (Lipinski definition) is 4. The van der Waals surface area contributed by atoms with Crippen molar-refractivity contribution in [1.29, 1.82) is 0 Å². The van der Waals surface area contributed by atoms with Crippen LogP contribution in [0.25, 0.3) is 11.0 Å². The van der Waals surface area contributed by atoms with Gasteiger partial charge in [-0.3, -0.25) is 13.9 Å². The predicted molar refractivity (Wildman–Crippen MR) is 121 cm³/mol. The molecule has 0 saturated carbocycles. The normalized spacial score (nSPS) is 11.8. The van der Waals surface area contributed by atoms with Gasteiger partial charge in [0, 0.05) is 23.9 Å². The highest BCUT2D eigenvalue weighted by Gasteiger charge is 2.20. The number of nitrogens with zero attached hydrogens (tertiary/aromatic N) is 2. The zero-order valence-corrected chi connectivity index (χ0v) is 19.0. The molecule has 3 aromatic carbocycles. The number of anilines is 1. The third kappa shape index (κ3) is 4.03. The van der Waals surface area contributed by atoms with Gasteiger partial charge in [-0.2, -0.15) is 0 Å². The molecule has 6 nitrogen and oxygen atoms in total. The predicted octanol–water partition coefficient (Wildman–Crippen LogP) is 4.42. The summed E-state index contributed by atoms with van der Waals surface area (Å²) in [6, 6.07) is 12.7. The van der Waals surface area contributed by atoms with Crippen molar-refractivity contribution in [3.8, 4) is 0 Å². The molecule has 0 unspecified atom stereocenters. The SMILES string of the molecule is Cc1ccc(S(=O)(=O)Nc2cc3c(cc2Sc2ccc(F)cc2)n(C)c(=O)n3C)cc1F. The smallest absolute Gasteiger partial charge is 0.295 e. The van der Waals surface area contributed by atoms with Crippen molar-refractivity contribution >= 4 is 38.5 Å². The minimum atomic E-state index is -4.12. The highest BCUT2D eigenvalue weighted by atomic mass is 32.2. The van der Waals surface area contributed by atoms with Gasteiger partial charge in [-0.05, 0) is 61.0 Å². The molecule has 4 aromatic rings. The molecule has 0 fully saturated rings. The van der Waals surface area contributed by atoms with E-state index in [9.17, 15) is 22.0 Å². The van der Waals surface area contributed by atoms with Crippen LogP contribution >= 0.6 is 11.8 Å². The quantitative estimate of drug-likeness (QED) is 0.464. The van der Waals surface area contributed by atoms with Crippen LogP contribution < -0.4 is 10.4 Å². The number of benzene rings is 3. The molecule has 4 rings (SSSR count). The lowest BCUT2D eigenvalue weighted by molar-refractivity contribution is 0.593. The van der Waals surface area contributed by atoms with Crippen molar-refractivity contribution in [2.75, 3.05) is 4.72 Å². The van der Waals surface area contributed by atoms with Crippen molar-refractivity contribution in [3.05, 3.63) is 82.3 Å². The first-order valence-electron chi connectivity index (χ1n) is 9.48. The van der Waals surface area contributed by atoms with E-state index in [0.717, 1.165) is 6.07 Å². The van der Waals surface area contributed by atoms with E-state index in [1.54, 1.807) is 45.3 Å². The molecule has 0 spiro atoms. The maximum absolute atomic E-state index is 14.0. The van der Waals surface area contributed by atoms with Gasteiger partial charge < -0.3 is 0 Å². The number of aryl methyl sites for hydroxylation is 3. The number of halogens is 2. The number of fused-ring (bicyclic) bond motifs is 1. The van der Waals surface area contributed by atoms with Gasteiger partial charge >= 0.3 is 5.69 Å². The Kier molecular flexibility index (Phi) is 5.59. The number of sulfonamides is 1. The van der Waals surface area contributed by atoms with Gasteiger partial charge in [0.05, 0.1) is 21.6 Å². The van der Waals surface area contributed by atoms with E-state index in [0.29, 0.717) is 26.4 Å². The Morgan fingerprint density at radius 3 is 2.16 bits per heavy atom. The van der Waals surface area contributed by atoms with E-state index in [-0.39, 0.29) is 16.3 Å². The van der Waals surface area contributed by atoms with Crippen LogP contribution in [0, 0.1) is 18.6 Å². The average Bonchev–Trinajstić information content (AvgIpc) is 2.95. The third-order valence-electron chi connectivity index (χ3n) is 5.11. The Bertz CT molecular complexity index is 1510. The van der Waals surface area contributed by atoms with Crippen LogP contribution in [0.3, 0.4) is 0 Å². The molecule has 1 N–H and O–H groups in total. The van der Waals surface area contributed by atoms with Crippen molar-refractivity contribution in [1.82, 2.24) is 9.13 Å². The summed E-state index contributed by atoms with van der Waals surface area (Å²) in [5, 5.41) is 0. The molecule has 1 heterocycles. The molecule has 166 valence electrons. The van der Waals surface area contributed by atoms with E-state index in [2.05, 4.69) is 4.72 Å². The molecule has 0 radical (unpaired) electrons. The van der Waals surface area contributed by atoms with Crippen molar-refractivity contribution in [3.63, 3.8) is 0 Å². The van der Waals surface area contributed by atoms with E-state index < -0.39 is 21.7 Å². The van der Waals surface area contributed by atoms with Crippen LogP contribution in [0.15, 0.2) is 74.1 Å². The van der Waals surface area contributed by atoms with E-state index in [4.69, 9.17) is 0 Å². The highest BCUT2D eigenvalue weighted by molar-refractivity contribution is 7.99. The monoisotopic (exact) mass is 475 g/mol. The zero-order valence-electron chi connectivity index (χ0n) is 17.4. The van der Waals surface area contributed by atoms with Gasteiger partial charge in [-0.1, -0.05) is 17.8 Å². The minimum absolute atomic E-state index is 0.217. The summed E-state index contributed by atoms with van der Waals surface area (Å²) in [4.78, 5) is 13.3. The lowest BCUT2D eigenvalue weighted by atomic mass is 10.2. The fourth-order valence-corrected chi connectivity index (χ4v) is 5.33. The van der Waals surface area contributed by atoms with Crippen molar-refractivity contribution in [2.24, 2.45) is 14.1 Å². The first-order chi connectivity index (χ1) is 15.1. The van der Waals surface area contributed by atoms with Crippen LogP contribution in [0.2, 0.25) is 0 Å². The summed E-state index contributed by atoms with van der Waals surface area (Å²) >= 11 is 1.21. The van der Waals surface area contributed by atoms with Crippen LogP contribution in [-0.2, 0) is 24.1 Å². The molecular formula is C22H19F2N3O3S2. The fraction of sp³-hybridized carbons (Fsp3) is 0.136.